The van der Waals surface area contributed by atoms with Gasteiger partial charge in [-0.2, -0.15) is 0 Å². The van der Waals surface area contributed by atoms with Gasteiger partial charge in [-0.1, -0.05) is 24.3 Å². The Morgan fingerprint density at radius 1 is 1.17 bits per heavy atom. The number of amides is 1. The van der Waals surface area contributed by atoms with Gasteiger partial charge in [-0.3, -0.25) is 4.79 Å². The highest BCUT2D eigenvalue weighted by atomic mass is 35.5. The number of benzene rings is 2. The van der Waals surface area contributed by atoms with Crippen LogP contribution in [0, 0.1) is 0 Å². The summed E-state index contributed by atoms with van der Waals surface area (Å²) in [7, 11) is 0. The Morgan fingerprint density at radius 2 is 2.00 bits per heavy atom. The third kappa shape index (κ3) is 3.52. The Morgan fingerprint density at radius 3 is 2.78 bits per heavy atom. The molecule has 3 rings (SSSR count). The van der Waals surface area contributed by atoms with Crippen molar-refractivity contribution < 1.29 is 9.21 Å². The SMILES string of the molecule is NC(CCl)=Nc1cccc(NC(=O)c2cc3ccccc3o2)c1. The lowest BCUT2D eigenvalue weighted by molar-refractivity contribution is 0.0998. The van der Waals surface area contributed by atoms with E-state index in [-0.39, 0.29) is 17.5 Å². The van der Waals surface area contributed by atoms with Gasteiger partial charge in [-0.25, -0.2) is 4.99 Å². The molecule has 2 aromatic carbocycles. The summed E-state index contributed by atoms with van der Waals surface area (Å²) in [6, 6.07) is 16.2. The first-order valence-electron chi connectivity index (χ1n) is 6.95. The summed E-state index contributed by atoms with van der Waals surface area (Å²) in [5.41, 5.74) is 7.49. The van der Waals surface area contributed by atoms with E-state index in [4.69, 9.17) is 21.8 Å². The number of nitrogens with one attached hydrogen (secondary N) is 1. The van der Waals surface area contributed by atoms with Gasteiger partial charge in [0.15, 0.2) is 5.76 Å². The molecule has 3 N–H and O–H groups in total. The lowest BCUT2D eigenvalue weighted by Gasteiger charge is -2.04. The number of para-hydroxylation sites is 1. The molecule has 0 aliphatic rings. The second-order valence-electron chi connectivity index (χ2n) is 4.89. The third-order valence-corrected chi connectivity index (χ3v) is 3.44. The number of alkyl halides is 1. The second kappa shape index (κ2) is 6.54. The van der Waals surface area contributed by atoms with Gasteiger partial charge in [0.2, 0.25) is 0 Å². The molecule has 0 aliphatic carbocycles. The van der Waals surface area contributed by atoms with Gasteiger partial charge in [0.25, 0.3) is 5.91 Å². The predicted molar refractivity (Wildman–Crippen MR) is 92.6 cm³/mol. The maximum absolute atomic E-state index is 12.3. The number of nitrogens with two attached hydrogens (primary N) is 1. The van der Waals surface area contributed by atoms with Crippen LogP contribution >= 0.6 is 11.6 Å². The number of halogens is 1. The molecule has 0 saturated heterocycles. The van der Waals surface area contributed by atoms with Crippen molar-refractivity contribution in [2.75, 3.05) is 11.2 Å². The van der Waals surface area contributed by atoms with E-state index in [0.717, 1.165) is 5.39 Å². The van der Waals surface area contributed by atoms with E-state index in [1.165, 1.54) is 0 Å². The van der Waals surface area contributed by atoms with Crippen LogP contribution in [0.4, 0.5) is 11.4 Å². The first-order chi connectivity index (χ1) is 11.2. The minimum Gasteiger partial charge on any atom is -0.451 e. The molecule has 0 bridgehead atoms. The number of carbonyl (C=O) groups excluding carboxylic acids is 1. The smallest absolute Gasteiger partial charge is 0.291 e. The molecule has 5 nitrogen and oxygen atoms in total. The number of hydrogen-bond donors (Lipinski definition) is 2. The normalized spacial score (nSPS) is 11.6. The van der Waals surface area contributed by atoms with Crippen LogP contribution in [-0.2, 0) is 0 Å². The van der Waals surface area contributed by atoms with E-state index in [2.05, 4.69) is 10.3 Å². The van der Waals surface area contributed by atoms with Crippen molar-refractivity contribution in [3.8, 4) is 0 Å². The summed E-state index contributed by atoms with van der Waals surface area (Å²) in [6.45, 7) is 0. The summed E-state index contributed by atoms with van der Waals surface area (Å²) in [5, 5.41) is 3.66. The lowest BCUT2D eigenvalue weighted by atomic mass is 10.2. The average molecular weight is 328 g/mol. The lowest BCUT2D eigenvalue weighted by Crippen LogP contribution is -2.12. The number of rotatable bonds is 4. The average Bonchev–Trinajstić information content (AvgIpc) is 2.99. The van der Waals surface area contributed by atoms with Crippen molar-refractivity contribution in [1.82, 2.24) is 0 Å². The fourth-order valence-corrected chi connectivity index (χ4v) is 2.20. The summed E-state index contributed by atoms with van der Waals surface area (Å²) in [6.07, 6.45) is 0. The highest BCUT2D eigenvalue weighted by molar-refractivity contribution is 6.28. The molecule has 3 aromatic rings. The maximum atomic E-state index is 12.3. The molecular weight excluding hydrogens is 314 g/mol. The van der Waals surface area contributed by atoms with Crippen LogP contribution in [0.2, 0.25) is 0 Å². The monoisotopic (exact) mass is 327 g/mol. The summed E-state index contributed by atoms with van der Waals surface area (Å²) >= 11 is 5.61. The van der Waals surface area contributed by atoms with Crippen molar-refractivity contribution in [2.24, 2.45) is 10.7 Å². The Bertz CT molecular complexity index is 853. The van der Waals surface area contributed by atoms with Crippen molar-refractivity contribution >= 4 is 45.7 Å². The molecule has 0 atom stereocenters. The molecule has 1 amide bonds. The third-order valence-electron chi connectivity index (χ3n) is 3.16. The zero-order valence-corrected chi connectivity index (χ0v) is 12.9. The molecule has 1 aromatic heterocycles. The number of hydrogen-bond acceptors (Lipinski definition) is 3. The number of fused-ring (bicyclic) bond motifs is 1. The summed E-state index contributed by atoms with van der Waals surface area (Å²) in [5.74, 6) is 0.385. The first-order valence-corrected chi connectivity index (χ1v) is 7.48. The minimum atomic E-state index is -0.326. The molecule has 1 heterocycles. The van der Waals surface area contributed by atoms with Crippen LogP contribution in [0.5, 0.6) is 0 Å². The molecule has 6 heteroatoms. The van der Waals surface area contributed by atoms with Gasteiger partial charge in [-0.15, -0.1) is 11.6 Å². The van der Waals surface area contributed by atoms with Crippen LogP contribution in [-0.4, -0.2) is 17.6 Å². The molecule has 0 unspecified atom stereocenters. The number of furan rings is 1. The first kappa shape index (κ1) is 15.1. The number of aliphatic imine (C=N–C) groups is 1. The molecule has 0 aliphatic heterocycles. The Kier molecular flexibility index (Phi) is 4.30. The van der Waals surface area contributed by atoms with Crippen LogP contribution in [0.1, 0.15) is 10.6 Å². The largest absolute Gasteiger partial charge is 0.451 e. The van der Waals surface area contributed by atoms with Crippen LogP contribution in [0.25, 0.3) is 11.0 Å². The molecule has 23 heavy (non-hydrogen) atoms. The van der Waals surface area contributed by atoms with Crippen LogP contribution < -0.4 is 11.1 Å². The van der Waals surface area contributed by atoms with Gasteiger partial charge in [-0.05, 0) is 30.3 Å². The number of carbonyl (C=O) groups is 1. The van der Waals surface area contributed by atoms with Gasteiger partial charge in [0, 0.05) is 11.1 Å². The van der Waals surface area contributed by atoms with Crippen LogP contribution in [0.15, 0.2) is 64.0 Å². The van der Waals surface area contributed by atoms with E-state index < -0.39 is 0 Å². The number of nitrogens with zero attached hydrogens (tertiary/aromatic N) is 1. The minimum absolute atomic E-state index is 0.148. The Labute approximate surface area is 137 Å². The topological polar surface area (TPSA) is 80.6 Å². The van der Waals surface area contributed by atoms with Crippen molar-refractivity contribution in [3.63, 3.8) is 0 Å². The maximum Gasteiger partial charge on any atom is 0.291 e. The Hall–Kier alpha value is -2.79. The molecule has 0 radical (unpaired) electrons. The van der Waals surface area contributed by atoms with E-state index in [1.807, 2.05) is 24.3 Å². The highest BCUT2D eigenvalue weighted by Gasteiger charge is 2.12. The molecule has 0 fully saturated rings. The van der Waals surface area contributed by atoms with Crippen molar-refractivity contribution in [1.29, 1.82) is 0 Å². The fourth-order valence-electron chi connectivity index (χ4n) is 2.14. The van der Waals surface area contributed by atoms with Gasteiger partial charge in [0.1, 0.15) is 11.4 Å². The van der Waals surface area contributed by atoms with E-state index >= 15 is 0 Å². The number of anilines is 1. The van der Waals surface area contributed by atoms with Crippen molar-refractivity contribution in [3.05, 3.63) is 60.4 Å². The fraction of sp³-hybridized carbons (Fsp3) is 0.0588. The van der Waals surface area contributed by atoms with Gasteiger partial charge in [0.05, 0.1) is 11.6 Å². The molecule has 0 spiro atoms. The summed E-state index contributed by atoms with van der Waals surface area (Å²) in [4.78, 5) is 16.4. The Balaban J connectivity index is 1.81. The quantitative estimate of drug-likeness (QED) is 0.433. The van der Waals surface area contributed by atoms with E-state index in [1.54, 1.807) is 30.3 Å². The molecule has 116 valence electrons. The standard InChI is InChI=1S/C17H14ClN3O2/c18-10-16(19)20-12-5-3-6-13(9-12)21-17(22)15-8-11-4-1-2-7-14(11)23-15/h1-9H,10H2,(H2,19,20)(H,21,22). The zero-order chi connectivity index (χ0) is 16.2. The van der Waals surface area contributed by atoms with Gasteiger partial charge < -0.3 is 15.5 Å². The second-order valence-corrected chi connectivity index (χ2v) is 5.16. The van der Waals surface area contributed by atoms with Crippen LogP contribution in [0.3, 0.4) is 0 Å². The van der Waals surface area contributed by atoms with Gasteiger partial charge >= 0.3 is 0 Å². The molecule has 0 saturated carbocycles. The molecular formula is C17H14ClN3O2. The van der Waals surface area contributed by atoms with Crippen molar-refractivity contribution in [2.45, 2.75) is 0 Å². The summed E-state index contributed by atoms with van der Waals surface area (Å²) < 4.78 is 5.54. The predicted octanol–water partition coefficient (Wildman–Crippen LogP) is 3.91. The highest BCUT2D eigenvalue weighted by Crippen LogP contribution is 2.22. The number of amidine groups is 1. The van der Waals surface area contributed by atoms with E-state index in [0.29, 0.717) is 22.8 Å². The van der Waals surface area contributed by atoms with E-state index in [9.17, 15) is 4.79 Å². The zero-order valence-electron chi connectivity index (χ0n) is 12.1.